The summed E-state index contributed by atoms with van der Waals surface area (Å²) in [5, 5.41) is 13.6. The zero-order valence-electron chi connectivity index (χ0n) is 12.3. The molecule has 2 aliphatic rings. The van der Waals surface area contributed by atoms with Gasteiger partial charge in [-0.15, -0.1) is 0 Å². The highest BCUT2D eigenvalue weighted by atomic mass is 19.4. The number of amides is 2. The number of aryl methyl sites for hydroxylation is 1. The first-order valence-electron chi connectivity index (χ1n) is 7.20. The molecule has 1 fully saturated rings. The summed E-state index contributed by atoms with van der Waals surface area (Å²) >= 11 is 0. The summed E-state index contributed by atoms with van der Waals surface area (Å²) in [6, 6.07) is 1.72. The zero-order valence-corrected chi connectivity index (χ0v) is 12.3. The summed E-state index contributed by atoms with van der Waals surface area (Å²) in [5.74, 6) is 4.86. The molecule has 3 N–H and O–H groups in total. The maximum absolute atomic E-state index is 13.8. The molecule has 4 nitrogen and oxygen atoms in total. The molecule has 0 unspecified atom stereocenters. The molecule has 122 valence electrons. The van der Waals surface area contributed by atoms with Gasteiger partial charge in [-0.05, 0) is 43.0 Å². The van der Waals surface area contributed by atoms with Crippen molar-refractivity contribution in [1.82, 2.24) is 5.32 Å². The molecule has 1 aromatic rings. The Kier molecular flexibility index (Phi) is 3.52. The Balaban J connectivity index is 2.23. The monoisotopic (exact) mass is 324 g/mol. The molecule has 1 aromatic carbocycles. The van der Waals surface area contributed by atoms with Gasteiger partial charge >= 0.3 is 12.2 Å². The largest absolute Gasteiger partial charge is 0.427 e. The molecule has 1 atom stereocenters. The molecule has 0 spiro atoms. The van der Waals surface area contributed by atoms with E-state index < -0.39 is 17.7 Å². The number of urea groups is 1. The van der Waals surface area contributed by atoms with Gasteiger partial charge in [-0.2, -0.15) is 13.2 Å². The Bertz CT molecular complexity index is 729. The molecule has 0 aromatic heterocycles. The lowest BCUT2D eigenvalue weighted by Gasteiger charge is -2.37. The van der Waals surface area contributed by atoms with E-state index in [4.69, 9.17) is 0 Å². The average Bonchev–Trinajstić information content (AvgIpc) is 3.27. The summed E-state index contributed by atoms with van der Waals surface area (Å²) in [4.78, 5) is 11.8. The van der Waals surface area contributed by atoms with E-state index in [0.717, 1.165) is 12.8 Å². The van der Waals surface area contributed by atoms with Crippen molar-refractivity contribution in [2.45, 2.75) is 38.1 Å². The number of benzene rings is 1. The van der Waals surface area contributed by atoms with Crippen LogP contribution in [0.25, 0.3) is 0 Å². The summed E-state index contributed by atoms with van der Waals surface area (Å²) in [6.07, 6.45) is -3.21. The van der Waals surface area contributed by atoms with Crippen molar-refractivity contribution in [1.29, 1.82) is 0 Å². The quantitative estimate of drug-likeness (QED) is 0.696. The molecule has 0 saturated heterocycles. The molecule has 3 rings (SSSR count). The van der Waals surface area contributed by atoms with Gasteiger partial charge in [0.05, 0.1) is 6.61 Å². The Morgan fingerprint density at radius 2 is 2.09 bits per heavy atom. The lowest BCUT2D eigenvalue weighted by atomic mass is 9.84. The number of carbonyl (C=O) groups excluding carboxylic acids is 1. The van der Waals surface area contributed by atoms with Gasteiger partial charge in [0.2, 0.25) is 5.54 Å². The number of rotatable bonds is 1. The average molecular weight is 324 g/mol. The normalized spacial score (nSPS) is 23.3. The topological polar surface area (TPSA) is 61.4 Å². The molecule has 1 heterocycles. The first-order valence-corrected chi connectivity index (χ1v) is 7.20. The molecule has 23 heavy (non-hydrogen) atoms. The highest BCUT2D eigenvalue weighted by molar-refractivity contribution is 5.95. The van der Waals surface area contributed by atoms with Crippen molar-refractivity contribution in [3.05, 3.63) is 28.8 Å². The molecule has 7 heteroatoms. The molecule has 1 aliphatic carbocycles. The molecule has 0 bridgehead atoms. The van der Waals surface area contributed by atoms with Crippen LogP contribution in [0.4, 0.5) is 23.7 Å². The fourth-order valence-corrected chi connectivity index (χ4v) is 2.56. The molecule has 1 saturated carbocycles. The first-order chi connectivity index (χ1) is 10.8. The fraction of sp³-hybridized carbons (Fsp3) is 0.438. The third-order valence-electron chi connectivity index (χ3n) is 4.07. The summed E-state index contributed by atoms with van der Waals surface area (Å²) in [6.45, 7) is 1.28. The third-order valence-corrected chi connectivity index (χ3v) is 4.07. The predicted octanol–water partition coefficient (Wildman–Crippen LogP) is 2.79. The predicted molar refractivity (Wildman–Crippen MR) is 77.5 cm³/mol. The lowest BCUT2D eigenvalue weighted by Crippen LogP contribution is -2.59. The van der Waals surface area contributed by atoms with Crippen LogP contribution in [0.1, 0.15) is 29.5 Å². The van der Waals surface area contributed by atoms with Crippen LogP contribution in [0.2, 0.25) is 0 Å². The van der Waals surface area contributed by atoms with E-state index in [1.165, 1.54) is 12.1 Å². The Morgan fingerprint density at radius 1 is 1.39 bits per heavy atom. The number of nitrogens with one attached hydrogen (secondary N) is 2. The first kappa shape index (κ1) is 15.7. The lowest BCUT2D eigenvalue weighted by molar-refractivity contribution is -0.178. The molecule has 2 amide bonds. The van der Waals surface area contributed by atoms with Gasteiger partial charge < -0.3 is 15.7 Å². The maximum Gasteiger partial charge on any atom is 0.427 e. The number of aliphatic hydroxyl groups excluding tert-OH is 1. The van der Waals surface area contributed by atoms with Crippen LogP contribution in [0, 0.1) is 24.7 Å². The second-order valence-corrected chi connectivity index (χ2v) is 5.85. The molecular weight excluding hydrogens is 309 g/mol. The number of carbonyl (C=O) groups is 1. The summed E-state index contributed by atoms with van der Waals surface area (Å²) in [5.41, 5.74) is -1.90. The van der Waals surface area contributed by atoms with Crippen LogP contribution in [0.5, 0.6) is 0 Å². The number of anilines is 1. The van der Waals surface area contributed by atoms with Crippen LogP contribution >= 0.6 is 0 Å². The van der Waals surface area contributed by atoms with E-state index in [0.29, 0.717) is 11.1 Å². The Labute approximate surface area is 131 Å². The number of hydrogen-bond donors (Lipinski definition) is 3. The number of alkyl halides is 3. The van der Waals surface area contributed by atoms with Crippen molar-refractivity contribution < 1.29 is 23.1 Å². The van der Waals surface area contributed by atoms with Crippen molar-refractivity contribution >= 4 is 11.7 Å². The maximum atomic E-state index is 13.8. The van der Waals surface area contributed by atoms with Gasteiger partial charge in [0.25, 0.3) is 0 Å². The minimum atomic E-state index is -4.77. The molecule has 1 aliphatic heterocycles. The zero-order chi connectivity index (χ0) is 16.8. The third kappa shape index (κ3) is 2.63. The number of aliphatic hydroxyl groups is 1. The number of fused-ring (bicyclic) bond motifs is 1. The van der Waals surface area contributed by atoms with E-state index >= 15 is 0 Å². The smallest absolute Gasteiger partial charge is 0.392 e. The molecular formula is C16H15F3N2O2. The highest BCUT2D eigenvalue weighted by Gasteiger charge is 2.59. The van der Waals surface area contributed by atoms with Crippen LogP contribution in [0.15, 0.2) is 12.1 Å². The van der Waals surface area contributed by atoms with Gasteiger partial charge in [0.15, 0.2) is 0 Å². The second-order valence-electron chi connectivity index (χ2n) is 5.85. The van der Waals surface area contributed by atoms with Gasteiger partial charge in [-0.25, -0.2) is 4.79 Å². The van der Waals surface area contributed by atoms with Crippen LogP contribution in [-0.2, 0) is 12.1 Å². The summed E-state index contributed by atoms with van der Waals surface area (Å²) < 4.78 is 41.5. The Hall–Kier alpha value is -2.20. The molecule has 0 radical (unpaired) electrons. The van der Waals surface area contributed by atoms with Gasteiger partial charge in [-0.1, -0.05) is 11.8 Å². The fourth-order valence-electron chi connectivity index (χ4n) is 2.56. The van der Waals surface area contributed by atoms with Crippen LogP contribution in [-0.4, -0.2) is 17.3 Å². The van der Waals surface area contributed by atoms with E-state index in [1.807, 2.05) is 5.32 Å². The highest BCUT2D eigenvalue weighted by Crippen LogP contribution is 2.45. The Morgan fingerprint density at radius 3 is 2.65 bits per heavy atom. The van der Waals surface area contributed by atoms with E-state index in [9.17, 15) is 23.1 Å². The van der Waals surface area contributed by atoms with Crippen LogP contribution < -0.4 is 10.6 Å². The number of halogens is 3. The van der Waals surface area contributed by atoms with Gasteiger partial charge in [0, 0.05) is 17.2 Å². The van der Waals surface area contributed by atoms with Crippen LogP contribution in [0.3, 0.4) is 0 Å². The van der Waals surface area contributed by atoms with Gasteiger partial charge in [-0.3, -0.25) is 0 Å². The van der Waals surface area contributed by atoms with Crippen molar-refractivity contribution in [2.75, 3.05) is 5.32 Å². The second kappa shape index (κ2) is 5.17. The van der Waals surface area contributed by atoms with E-state index in [1.54, 1.807) is 6.92 Å². The SMILES string of the molecule is Cc1cc2c(cc1CO)NC(=O)N[C@]2(C#CC1CC1)C(F)(F)F. The van der Waals surface area contributed by atoms with Crippen molar-refractivity contribution in [3.63, 3.8) is 0 Å². The minimum Gasteiger partial charge on any atom is -0.392 e. The number of hydrogen-bond acceptors (Lipinski definition) is 2. The minimum absolute atomic E-state index is 0.0193. The van der Waals surface area contributed by atoms with Crippen molar-refractivity contribution in [3.8, 4) is 11.8 Å². The summed E-state index contributed by atoms with van der Waals surface area (Å²) in [7, 11) is 0. The van der Waals surface area contributed by atoms with Crippen molar-refractivity contribution in [2.24, 2.45) is 5.92 Å². The standard InChI is InChI=1S/C16H15F3N2O2/c1-9-6-12-13(7-11(9)8-22)20-14(23)21-15(12,16(17,18)19)5-4-10-2-3-10/h6-7,10,22H,2-3,8H2,1H3,(H2,20,21,23)/t15-/m0/s1. The van der Waals surface area contributed by atoms with E-state index in [2.05, 4.69) is 17.2 Å². The van der Waals surface area contributed by atoms with E-state index in [-0.39, 0.29) is 23.8 Å². The van der Waals surface area contributed by atoms with Gasteiger partial charge in [0.1, 0.15) is 0 Å².